The molecule has 3 rings (SSSR count). The fourth-order valence-electron chi connectivity index (χ4n) is 3.09. The summed E-state index contributed by atoms with van der Waals surface area (Å²) in [5.74, 6) is 0.761. The molecule has 0 unspecified atom stereocenters. The van der Waals surface area contributed by atoms with Crippen molar-refractivity contribution in [3.63, 3.8) is 0 Å². The molecule has 1 saturated heterocycles. The number of sulfonamides is 1. The van der Waals surface area contributed by atoms with Crippen LogP contribution in [0.4, 0.5) is 5.69 Å². The van der Waals surface area contributed by atoms with Crippen molar-refractivity contribution in [1.29, 1.82) is 0 Å². The number of nitrogens with zero attached hydrogens (tertiary/aromatic N) is 2. The first-order chi connectivity index (χ1) is 12.7. The van der Waals surface area contributed by atoms with Crippen LogP contribution in [0.5, 0.6) is 5.75 Å². The van der Waals surface area contributed by atoms with Gasteiger partial charge in [-0.1, -0.05) is 12.1 Å². The number of methoxy groups -OCH3 is 1. The topological polar surface area (TPSA) is 84.0 Å². The van der Waals surface area contributed by atoms with Crippen molar-refractivity contribution in [3.8, 4) is 5.75 Å². The van der Waals surface area contributed by atoms with Gasteiger partial charge in [0.25, 0.3) is 0 Å². The summed E-state index contributed by atoms with van der Waals surface area (Å²) in [5.41, 5.74) is 0.990. The maximum absolute atomic E-state index is 13.0. The van der Waals surface area contributed by atoms with E-state index in [9.17, 15) is 16.8 Å². The molecule has 146 valence electrons. The van der Waals surface area contributed by atoms with Crippen LogP contribution in [0.2, 0.25) is 0 Å². The van der Waals surface area contributed by atoms with Gasteiger partial charge in [0.2, 0.25) is 10.0 Å². The Morgan fingerprint density at radius 3 is 1.89 bits per heavy atom. The average molecular weight is 411 g/mol. The average Bonchev–Trinajstić information content (AvgIpc) is 2.67. The van der Waals surface area contributed by atoms with Crippen molar-refractivity contribution in [2.75, 3.05) is 44.4 Å². The second-order valence-corrected chi connectivity index (χ2v) is 10.2. The molecular formula is C18H22N2O5S2. The molecule has 0 amide bonds. The molecule has 2 aromatic carbocycles. The van der Waals surface area contributed by atoms with E-state index in [0.29, 0.717) is 13.1 Å². The highest BCUT2D eigenvalue weighted by Crippen LogP contribution is 2.26. The van der Waals surface area contributed by atoms with Gasteiger partial charge in [-0.2, -0.15) is 4.31 Å². The van der Waals surface area contributed by atoms with Crippen LogP contribution in [0, 0.1) is 0 Å². The minimum atomic E-state index is -3.88. The molecule has 0 aromatic heterocycles. The van der Waals surface area contributed by atoms with E-state index in [4.69, 9.17) is 4.74 Å². The Hall–Kier alpha value is -2.10. The van der Waals surface area contributed by atoms with E-state index >= 15 is 0 Å². The summed E-state index contributed by atoms with van der Waals surface area (Å²) in [7, 11) is -5.92. The predicted octanol–water partition coefficient (Wildman–Crippen LogP) is 1.61. The van der Waals surface area contributed by atoms with Crippen LogP contribution in [0.3, 0.4) is 0 Å². The van der Waals surface area contributed by atoms with Crippen LogP contribution in [0.1, 0.15) is 0 Å². The Labute approximate surface area is 160 Å². The molecule has 0 aliphatic carbocycles. The zero-order valence-electron chi connectivity index (χ0n) is 15.2. The summed E-state index contributed by atoms with van der Waals surface area (Å²) in [6.07, 6.45) is 1.02. The van der Waals surface area contributed by atoms with Gasteiger partial charge in [-0.05, 0) is 36.4 Å². The smallest absolute Gasteiger partial charge is 0.244 e. The number of benzene rings is 2. The van der Waals surface area contributed by atoms with Gasteiger partial charge in [0.05, 0.1) is 12.0 Å². The molecule has 0 saturated carbocycles. The Morgan fingerprint density at radius 1 is 0.815 bits per heavy atom. The highest BCUT2D eigenvalue weighted by molar-refractivity contribution is 7.93. The van der Waals surface area contributed by atoms with Gasteiger partial charge in [-0.15, -0.1) is 0 Å². The number of ether oxygens (including phenoxy) is 1. The third kappa shape index (κ3) is 4.10. The standard InChI is InChI=1S/C18H22N2O5S2/c1-25-16-9-7-15(8-10-16)19-11-13-20(14-12-19)27(23,24)18-6-4-3-5-17(18)26(2,21)22/h3-10H,11-14H2,1-2H3. The molecule has 0 N–H and O–H groups in total. The predicted molar refractivity (Wildman–Crippen MR) is 104 cm³/mol. The molecule has 0 spiro atoms. The first-order valence-electron chi connectivity index (χ1n) is 8.42. The van der Waals surface area contributed by atoms with Crippen molar-refractivity contribution in [1.82, 2.24) is 4.31 Å². The van der Waals surface area contributed by atoms with Crippen LogP contribution < -0.4 is 9.64 Å². The van der Waals surface area contributed by atoms with Gasteiger partial charge in [0.1, 0.15) is 10.6 Å². The number of piperazine rings is 1. The number of rotatable bonds is 5. The van der Waals surface area contributed by atoms with E-state index in [1.165, 1.54) is 28.6 Å². The molecule has 0 atom stereocenters. The number of hydrogen-bond donors (Lipinski definition) is 0. The first-order valence-corrected chi connectivity index (χ1v) is 11.7. The number of sulfone groups is 1. The lowest BCUT2D eigenvalue weighted by atomic mass is 10.2. The minimum Gasteiger partial charge on any atom is -0.497 e. The number of anilines is 1. The molecule has 1 aliphatic rings. The SMILES string of the molecule is COc1ccc(N2CCN(S(=O)(=O)c3ccccc3S(C)(=O)=O)CC2)cc1. The summed E-state index contributed by atoms with van der Waals surface area (Å²) < 4.78 is 56.5. The second-order valence-electron chi connectivity index (χ2n) is 6.31. The van der Waals surface area contributed by atoms with Crippen LogP contribution in [-0.4, -0.2) is 60.7 Å². The Bertz CT molecular complexity index is 1010. The largest absolute Gasteiger partial charge is 0.497 e. The molecular weight excluding hydrogens is 388 g/mol. The fourth-order valence-corrected chi connectivity index (χ4v) is 6.11. The zero-order chi connectivity index (χ0) is 19.7. The molecule has 27 heavy (non-hydrogen) atoms. The lowest BCUT2D eigenvalue weighted by Gasteiger charge is -2.35. The van der Waals surface area contributed by atoms with Crippen molar-refractivity contribution >= 4 is 25.5 Å². The minimum absolute atomic E-state index is 0.162. The quantitative estimate of drug-likeness (QED) is 0.745. The summed E-state index contributed by atoms with van der Waals surface area (Å²) in [6, 6.07) is 13.3. The maximum Gasteiger partial charge on any atom is 0.244 e. The van der Waals surface area contributed by atoms with Gasteiger partial charge in [0.15, 0.2) is 9.84 Å². The lowest BCUT2D eigenvalue weighted by molar-refractivity contribution is 0.383. The van der Waals surface area contributed by atoms with Crippen molar-refractivity contribution in [2.45, 2.75) is 9.79 Å². The third-order valence-corrected chi connectivity index (χ3v) is 7.78. The van der Waals surface area contributed by atoms with E-state index in [1.54, 1.807) is 7.11 Å². The lowest BCUT2D eigenvalue weighted by Crippen LogP contribution is -2.48. The van der Waals surface area contributed by atoms with Gasteiger partial charge in [0, 0.05) is 38.1 Å². The molecule has 0 bridgehead atoms. The van der Waals surface area contributed by atoms with E-state index in [-0.39, 0.29) is 22.9 Å². The zero-order valence-corrected chi connectivity index (χ0v) is 16.8. The van der Waals surface area contributed by atoms with E-state index in [2.05, 4.69) is 4.90 Å². The van der Waals surface area contributed by atoms with Crippen molar-refractivity contribution in [3.05, 3.63) is 48.5 Å². The van der Waals surface area contributed by atoms with Crippen LogP contribution in [0.15, 0.2) is 58.3 Å². The number of hydrogen-bond acceptors (Lipinski definition) is 6. The van der Waals surface area contributed by atoms with Crippen LogP contribution in [-0.2, 0) is 19.9 Å². The van der Waals surface area contributed by atoms with E-state index in [1.807, 2.05) is 24.3 Å². The maximum atomic E-state index is 13.0. The van der Waals surface area contributed by atoms with Gasteiger partial charge in [-0.25, -0.2) is 16.8 Å². The highest BCUT2D eigenvalue weighted by atomic mass is 32.2. The first kappa shape index (κ1) is 19.7. The summed E-state index contributed by atoms with van der Waals surface area (Å²) in [4.78, 5) is 1.77. The van der Waals surface area contributed by atoms with Crippen LogP contribution in [0.25, 0.3) is 0 Å². The second kappa shape index (κ2) is 7.49. The van der Waals surface area contributed by atoms with Crippen molar-refractivity contribution in [2.24, 2.45) is 0 Å². The van der Waals surface area contributed by atoms with Gasteiger partial charge in [-0.3, -0.25) is 0 Å². The Kier molecular flexibility index (Phi) is 5.45. The molecule has 0 radical (unpaired) electrons. The highest BCUT2D eigenvalue weighted by Gasteiger charge is 2.32. The fraction of sp³-hybridized carbons (Fsp3) is 0.333. The van der Waals surface area contributed by atoms with Crippen LogP contribution >= 0.6 is 0 Å². The summed E-state index contributed by atoms with van der Waals surface area (Å²) in [6.45, 7) is 1.61. The van der Waals surface area contributed by atoms with Crippen molar-refractivity contribution < 1.29 is 21.6 Å². The summed E-state index contributed by atoms with van der Waals surface area (Å²) >= 11 is 0. The monoisotopic (exact) mass is 410 g/mol. The third-order valence-electron chi connectivity index (χ3n) is 4.54. The molecule has 7 nitrogen and oxygen atoms in total. The van der Waals surface area contributed by atoms with Gasteiger partial charge >= 0.3 is 0 Å². The summed E-state index contributed by atoms with van der Waals surface area (Å²) in [5, 5.41) is 0. The Balaban J connectivity index is 1.79. The molecule has 1 heterocycles. The molecule has 1 aliphatic heterocycles. The van der Waals surface area contributed by atoms with E-state index in [0.717, 1.165) is 17.7 Å². The molecule has 1 fully saturated rings. The molecule has 9 heteroatoms. The molecule has 2 aromatic rings. The normalized spacial score (nSPS) is 16.3. The van der Waals surface area contributed by atoms with Gasteiger partial charge < -0.3 is 9.64 Å². The van der Waals surface area contributed by atoms with E-state index < -0.39 is 19.9 Å². The Morgan fingerprint density at radius 2 is 1.37 bits per heavy atom.